The highest BCUT2D eigenvalue weighted by Crippen LogP contribution is 2.25. The van der Waals surface area contributed by atoms with Crippen LogP contribution in [0.3, 0.4) is 0 Å². The molecule has 0 amide bonds. The van der Waals surface area contributed by atoms with E-state index in [0.29, 0.717) is 63.8 Å². The van der Waals surface area contributed by atoms with Gasteiger partial charge in [-0.3, -0.25) is 0 Å². The average molecular weight is 519 g/mol. The van der Waals surface area contributed by atoms with Crippen LogP contribution in [0.25, 0.3) is 11.4 Å². The molecule has 0 spiro atoms. The Balaban J connectivity index is 0.00000456. The van der Waals surface area contributed by atoms with Crippen molar-refractivity contribution in [3.05, 3.63) is 65.5 Å². The number of nitrogens with two attached hydrogens (primary N) is 1. The molecule has 0 atom stereocenters. The highest BCUT2D eigenvalue weighted by atomic mass is 35.5. The molecule has 0 saturated heterocycles. The smallest absolute Gasteiger partial charge is 0.228 e. The third kappa shape index (κ3) is 9.66. The summed E-state index contributed by atoms with van der Waals surface area (Å²) in [5.41, 5.74) is 8.35. The fourth-order valence-electron chi connectivity index (χ4n) is 3.25. The zero-order valence-electron chi connectivity index (χ0n) is 21.1. The number of anilines is 2. The molecule has 0 aliphatic heterocycles. The van der Waals surface area contributed by atoms with Crippen molar-refractivity contribution in [3.63, 3.8) is 0 Å². The molecule has 0 aliphatic rings. The molecule has 0 aliphatic carbocycles. The van der Waals surface area contributed by atoms with E-state index in [-0.39, 0.29) is 23.6 Å². The molecule has 3 aromatic rings. The van der Waals surface area contributed by atoms with Crippen molar-refractivity contribution in [2.45, 2.75) is 32.7 Å². The van der Waals surface area contributed by atoms with Gasteiger partial charge in [0.1, 0.15) is 5.82 Å². The Bertz CT molecular complexity index is 1060. The van der Waals surface area contributed by atoms with Gasteiger partial charge in [0.2, 0.25) is 11.9 Å². The van der Waals surface area contributed by atoms with Gasteiger partial charge in [-0.15, -0.1) is 12.4 Å². The summed E-state index contributed by atoms with van der Waals surface area (Å²) in [6.07, 6.45) is 0. The lowest BCUT2D eigenvalue weighted by Gasteiger charge is -2.19. The second-order valence-electron chi connectivity index (χ2n) is 9.06. The molecule has 8 nitrogen and oxygen atoms in total. The number of nitrogens with zero attached hydrogens (tertiary/aromatic N) is 3. The maximum Gasteiger partial charge on any atom is 0.228 e. The Morgan fingerprint density at radius 3 is 2.17 bits per heavy atom. The fourth-order valence-corrected chi connectivity index (χ4v) is 3.25. The maximum absolute atomic E-state index is 13.5. The molecule has 0 radical (unpaired) electrons. The number of aromatic nitrogens is 3. The Hall–Kier alpha value is -2.85. The third-order valence-corrected chi connectivity index (χ3v) is 5.15. The Labute approximate surface area is 218 Å². The van der Waals surface area contributed by atoms with Crippen LogP contribution in [0.2, 0.25) is 0 Å². The third-order valence-electron chi connectivity index (χ3n) is 5.15. The van der Waals surface area contributed by atoms with Crippen molar-refractivity contribution < 1.29 is 13.9 Å². The molecule has 10 heteroatoms. The first kappa shape index (κ1) is 29.4. The first-order valence-corrected chi connectivity index (χ1v) is 11.8. The van der Waals surface area contributed by atoms with Crippen LogP contribution in [-0.2, 0) is 21.4 Å². The predicted molar refractivity (Wildman–Crippen MR) is 144 cm³/mol. The lowest BCUT2D eigenvalue weighted by molar-refractivity contribution is 0.0547. The van der Waals surface area contributed by atoms with Crippen LogP contribution >= 0.6 is 12.4 Å². The van der Waals surface area contributed by atoms with Gasteiger partial charge >= 0.3 is 0 Å². The second kappa shape index (κ2) is 14.6. The highest BCUT2D eigenvalue weighted by Gasteiger charge is 2.14. The van der Waals surface area contributed by atoms with Crippen molar-refractivity contribution in [1.82, 2.24) is 15.0 Å². The van der Waals surface area contributed by atoms with E-state index < -0.39 is 0 Å². The zero-order valence-corrected chi connectivity index (χ0v) is 21.9. The van der Waals surface area contributed by atoms with Gasteiger partial charge < -0.3 is 25.8 Å². The summed E-state index contributed by atoms with van der Waals surface area (Å²) in [5, 5.41) is 6.37. The zero-order chi connectivity index (χ0) is 25.1. The summed E-state index contributed by atoms with van der Waals surface area (Å²) < 4.78 is 24.4. The SMILES string of the molecule is CC(C)(C)c1ccc(-c2nc(NCCOCCOCCN)nc(NCc3cccc(F)c3)n2)cc1.Cl. The lowest BCUT2D eigenvalue weighted by Crippen LogP contribution is -2.16. The number of rotatable bonds is 13. The standard InChI is InChI=1S/C26H35FN6O2.ClH/c1-26(2,3)21-9-7-20(8-10-21)23-31-24(29-12-14-35-16-15-34-13-11-28)33-25(32-23)30-18-19-5-4-6-22(27)17-19;/h4-10,17H,11-16,18,28H2,1-3H3,(H2,29,30,31,32,33);1H. The summed E-state index contributed by atoms with van der Waals surface area (Å²) in [7, 11) is 0. The van der Waals surface area contributed by atoms with Gasteiger partial charge in [-0.05, 0) is 28.7 Å². The predicted octanol–water partition coefficient (Wildman–Crippen LogP) is 4.41. The molecule has 196 valence electrons. The number of ether oxygens (including phenoxy) is 2. The monoisotopic (exact) mass is 518 g/mol. The molecule has 1 heterocycles. The van der Waals surface area contributed by atoms with E-state index >= 15 is 0 Å². The summed E-state index contributed by atoms with van der Waals surface area (Å²) in [6.45, 7) is 9.92. The highest BCUT2D eigenvalue weighted by molar-refractivity contribution is 5.85. The Kier molecular flexibility index (Phi) is 12.0. The molecule has 2 aromatic carbocycles. The van der Waals surface area contributed by atoms with E-state index in [0.717, 1.165) is 11.1 Å². The van der Waals surface area contributed by atoms with Crippen LogP contribution in [-0.4, -0.2) is 54.5 Å². The normalized spacial score (nSPS) is 11.1. The summed E-state index contributed by atoms with van der Waals surface area (Å²) in [5.74, 6) is 1.09. The van der Waals surface area contributed by atoms with Gasteiger partial charge in [0.25, 0.3) is 0 Å². The summed E-state index contributed by atoms with van der Waals surface area (Å²) >= 11 is 0. The van der Waals surface area contributed by atoms with E-state index in [1.807, 2.05) is 18.2 Å². The topological polar surface area (TPSA) is 107 Å². The van der Waals surface area contributed by atoms with E-state index in [1.54, 1.807) is 6.07 Å². The van der Waals surface area contributed by atoms with Gasteiger partial charge in [0, 0.05) is 25.2 Å². The van der Waals surface area contributed by atoms with Crippen LogP contribution in [0, 0.1) is 5.82 Å². The Morgan fingerprint density at radius 2 is 1.53 bits per heavy atom. The van der Waals surface area contributed by atoms with E-state index in [1.165, 1.54) is 17.7 Å². The van der Waals surface area contributed by atoms with Gasteiger partial charge in [0.15, 0.2) is 5.82 Å². The minimum atomic E-state index is -0.282. The second-order valence-corrected chi connectivity index (χ2v) is 9.06. The Morgan fingerprint density at radius 1 is 0.861 bits per heavy atom. The largest absolute Gasteiger partial charge is 0.378 e. The maximum atomic E-state index is 13.5. The lowest BCUT2D eigenvalue weighted by atomic mass is 9.87. The minimum absolute atomic E-state index is 0. The van der Waals surface area contributed by atoms with Gasteiger partial charge in [-0.2, -0.15) is 15.0 Å². The van der Waals surface area contributed by atoms with E-state index in [9.17, 15) is 4.39 Å². The minimum Gasteiger partial charge on any atom is -0.378 e. The van der Waals surface area contributed by atoms with Crippen LogP contribution in [0.4, 0.5) is 16.3 Å². The van der Waals surface area contributed by atoms with Crippen molar-refractivity contribution in [1.29, 1.82) is 0 Å². The average Bonchev–Trinajstić information content (AvgIpc) is 2.84. The fraction of sp³-hybridized carbons (Fsp3) is 0.423. The van der Waals surface area contributed by atoms with Crippen LogP contribution in [0.15, 0.2) is 48.5 Å². The van der Waals surface area contributed by atoms with Crippen molar-refractivity contribution >= 4 is 24.3 Å². The van der Waals surface area contributed by atoms with Gasteiger partial charge in [-0.25, -0.2) is 4.39 Å². The van der Waals surface area contributed by atoms with Crippen LogP contribution < -0.4 is 16.4 Å². The summed E-state index contributed by atoms with van der Waals surface area (Å²) in [6, 6.07) is 14.6. The number of hydrogen-bond donors (Lipinski definition) is 3. The number of nitrogens with one attached hydrogen (secondary N) is 2. The molecule has 36 heavy (non-hydrogen) atoms. The molecule has 3 rings (SSSR count). The number of benzene rings is 2. The van der Waals surface area contributed by atoms with Gasteiger partial charge in [0.05, 0.1) is 26.4 Å². The molecule has 0 saturated carbocycles. The van der Waals surface area contributed by atoms with Crippen molar-refractivity contribution in [2.24, 2.45) is 5.73 Å². The molecule has 0 unspecified atom stereocenters. The van der Waals surface area contributed by atoms with Gasteiger partial charge in [-0.1, -0.05) is 57.2 Å². The van der Waals surface area contributed by atoms with Crippen LogP contribution in [0.5, 0.6) is 0 Å². The summed E-state index contributed by atoms with van der Waals surface area (Å²) in [4.78, 5) is 13.7. The molecular formula is C26H36ClFN6O2. The van der Waals surface area contributed by atoms with E-state index in [4.69, 9.17) is 15.2 Å². The molecule has 1 aromatic heterocycles. The van der Waals surface area contributed by atoms with Crippen LogP contribution in [0.1, 0.15) is 31.9 Å². The number of halogens is 2. The molecule has 0 fully saturated rings. The number of hydrogen-bond acceptors (Lipinski definition) is 8. The molecular weight excluding hydrogens is 483 g/mol. The van der Waals surface area contributed by atoms with E-state index in [2.05, 4.69) is 58.5 Å². The van der Waals surface area contributed by atoms with Crippen molar-refractivity contribution in [3.8, 4) is 11.4 Å². The molecule has 0 bridgehead atoms. The quantitative estimate of drug-likeness (QED) is 0.286. The van der Waals surface area contributed by atoms with Crippen molar-refractivity contribution in [2.75, 3.05) is 50.2 Å². The molecule has 4 N–H and O–H groups in total. The first-order valence-electron chi connectivity index (χ1n) is 11.8. The first-order chi connectivity index (χ1) is 16.8.